The molecule has 0 amide bonds. The third-order valence-electron chi connectivity index (χ3n) is 4.85. The fourth-order valence-corrected chi connectivity index (χ4v) is 2.67. The van der Waals surface area contributed by atoms with Crippen LogP contribution in [0.25, 0.3) is 6.08 Å². The van der Waals surface area contributed by atoms with Gasteiger partial charge in [-0.25, -0.2) is 0 Å². The Morgan fingerprint density at radius 3 is 2.50 bits per heavy atom. The monoisotopic (exact) mass is 353 g/mol. The Hall–Kier alpha value is -2.25. The van der Waals surface area contributed by atoms with Crippen LogP contribution >= 0.6 is 0 Å². The number of hydrogen-bond acceptors (Lipinski definition) is 5. The summed E-state index contributed by atoms with van der Waals surface area (Å²) in [6.45, 7) is 10.1. The Morgan fingerprint density at radius 1 is 1.23 bits per heavy atom. The molecule has 1 aliphatic heterocycles. The summed E-state index contributed by atoms with van der Waals surface area (Å²) >= 11 is 0. The van der Waals surface area contributed by atoms with E-state index in [1.54, 1.807) is 17.0 Å². The largest absolute Gasteiger partial charge is 0.498 e. The van der Waals surface area contributed by atoms with E-state index in [9.17, 15) is 4.79 Å². The summed E-state index contributed by atoms with van der Waals surface area (Å²) in [5, 5.41) is 4.60. The number of ketones is 1. The molecule has 0 radical (unpaired) electrons. The molecule has 1 fully saturated rings. The van der Waals surface area contributed by atoms with Crippen molar-refractivity contribution in [2.45, 2.75) is 52.4 Å². The van der Waals surface area contributed by atoms with Gasteiger partial charge in [-0.2, -0.15) is 5.10 Å². The molecule has 0 aromatic carbocycles. The summed E-state index contributed by atoms with van der Waals surface area (Å²) in [7, 11) is -0.538. The highest BCUT2D eigenvalue weighted by molar-refractivity contribution is 6.62. The number of allylic oxidation sites excluding steroid dienone is 1. The summed E-state index contributed by atoms with van der Waals surface area (Å²) in [5.41, 5.74) is 1.48. The van der Waals surface area contributed by atoms with Gasteiger partial charge in [-0.05, 0) is 58.9 Å². The topological polar surface area (TPSA) is 66.2 Å². The van der Waals surface area contributed by atoms with Crippen LogP contribution in [0.2, 0.25) is 0 Å². The SMILES string of the molecule is CC(=O)/C=C/c1nn(Cc2ccccn2)cc1B1OC(C)(C)C(C)(C)O1. The summed E-state index contributed by atoms with van der Waals surface area (Å²) in [6, 6.07) is 5.77. The Bertz CT molecular complexity index is 812. The van der Waals surface area contributed by atoms with Crippen LogP contribution in [-0.4, -0.2) is 38.9 Å². The zero-order chi connectivity index (χ0) is 18.9. The van der Waals surface area contributed by atoms with E-state index in [4.69, 9.17) is 9.31 Å². The van der Waals surface area contributed by atoms with Crippen molar-refractivity contribution < 1.29 is 14.1 Å². The second-order valence-corrected chi connectivity index (χ2v) is 7.52. The molecule has 7 heteroatoms. The highest BCUT2D eigenvalue weighted by atomic mass is 16.7. The molecule has 2 aromatic rings. The molecule has 0 spiro atoms. The quantitative estimate of drug-likeness (QED) is 0.609. The van der Waals surface area contributed by atoms with E-state index >= 15 is 0 Å². The Morgan fingerprint density at radius 2 is 1.92 bits per heavy atom. The fraction of sp³-hybridized carbons (Fsp3) is 0.421. The smallest absolute Gasteiger partial charge is 0.399 e. The van der Waals surface area contributed by atoms with Gasteiger partial charge in [0.05, 0.1) is 29.1 Å². The molecule has 6 nitrogen and oxygen atoms in total. The number of hydrogen-bond donors (Lipinski definition) is 0. The Kier molecular flexibility index (Phi) is 4.86. The molecule has 3 heterocycles. The lowest BCUT2D eigenvalue weighted by Crippen LogP contribution is -2.41. The first-order valence-electron chi connectivity index (χ1n) is 8.69. The maximum Gasteiger partial charge on any atom is 0.498 e. The van der Waals surface area contributed by atoms with Crippen molar-refractivity contribution in [1.82, 2.24) is 14.8 Å². The number of aromatic nitrogens is 3. The molecular weight excluding hydrogens is 329 g/mol. The lowest BCUT2D eigenvalue weighted by atomic mass is 9.79. The van der Waals surface area contributed by atoms with Gasteiger partial charge in [-0.3, -0.25) is 14.5 Å². The van der Waals surface area contributed by atoms with Gasteiger partial charge in [0.2, 0.25) is 0 Å². The van der Waals surface area contributed by atoms with E-state index < -0.39 is 18.3 Å². The van der Waals surface area contributed by atoms with E-state index in [2.05, 4.69) is 10.1 Å². The second-order valence-electron chi connectivity index (χ2n) is 7.52. The molecule has 26 heavy (non-hydrogen) atoms. The molecule has 1 saturated heterocycles. The fourth-order valence-electron chi connectivity index (χ4n) is 2.67. The van der Waals surface area contributed by atoms with Gasteiger partial charge in [0.1, 0.15) is 0 Å². The van der Waals surface area contributed by atoms with Crippen molar-refractivity contribution in [3.8, 4) is 0 Å². The van der Waals surface area contributed by atoms with Crippen molar-refractivity contribution >= 4 is 24.4 Å². The van der Waals surface area contributed by atoms with E-state index in [-0.39, 0.29) is 5.78 Å². The lowest BCUT2D eigenvalue weighted by molar-refractivity contribution is -0.112. The summed E-state index contributed by atoms with van der Waals surface area (Å²) < 4.78 is 14.1. The zero-order valence-corrected chi connectivity index (χ0v) is 15.9. The highest BCUT2D eigenvalue weighted by Gasteiger charge is 2.52. The van der Waals surface area contributed by atoms with E-state index in [0.717, 1.165) is 11.2 Å². The second kappa shape index (κ2) is 6.81. The molecule has 136 valence electrons. The van der Waals surface area contributed by atoms with E-state index in [1.807, 2.05) is 52.1 Å². The third kappa shape index (κ3) is 3.79. The summed E-state index contributed by atoms with van der Waals surface area (Å²) in [5.74, 6) is -0.0378. The molecule has 0 unspecified atom stereocenters. The zero-order valence-electron chi connectivity index (χ0n) is 15.9. The van der Waals surface area contributed by atoms with Crippen LogP contribution in [0.5, 0.6) is 0 Å². The molecule has 0 N–H and O–H groups in total. The predicted octanol–water partition coefficient (Wildman–Crippen LogP) is 2.23. The Labute approximate surface area is 154 Å². The molecule has 1 aliphatic rings. The number of pyridine rings is 1. The van der Waals surface area contributed by atoms with Gasteiger partial charge in [0.15, 0.2) is 5.78 Å². The predicted molar refractivity (Wildman–Crippen MR) is 101 cm³/mol. The molecule has 0 aliphatic carbocycles. The molecule has 0 bridgehead atoms. The lowest BCUT2D eigenvalue weighted by Gasteiger charge is -2.32. The van der Waals surface area contributed by atoms with Gasteiger partial charge < -0.3 is 9.31 Å². The molecule has 0 saturated carbocycles. The van der Waals surface area contributed by atoms with Crippen LogP contribution in [0.1, 0.15) is 46.0 Å². The molecule has 2 aromatic heterocycles. The van der Waals surface area contributed by atoms with Gasteiger partial charge in [-0.1, -0.05) is 6.07 Å². The first-order valence-corrected chi connectivity index (χ1v) is 8.69. The van der Waals surface area contributed by atoms with Gasteiger partial charge in [0.25, 0.3) is 0 Å². The standard InChI is InChI=1S/C19H24BN3O3/c1-14(24)9-10-17-16(20-25-18(2,3)19(4,5)26-20)13-23(22-17)12-15-8-6-7-11-21-15/h6-11,13H,12H2,1-5H3/b10-9+. The number of carbonyl (C=O) groups excluding carboxylic acids is 1. The van der Waals surface area contributed by atoms with Crippen molar-refractivity contribution in [3.63, 3.8) is 0 Å². The molecule has 0 atom stereocenters. The first kappa shape index (κ1) is 18.5. The minimum Gasteiger partial charge on any atom is -0.399 e. The van der Waals surface area contributed by atoms with Crippen LogP contribution in [0.15, 0.2) is 36.7 Å². The average Bonchev–Trinajstić information content (AvgIpc) is 3.04. The summed E-state index contributed by atoms with van der Waals surface area (Å²) in [6.07, 6.45) is 6.86. The van der Waals surface area contributed by atoms with Crippen molar-refractivity contribution in [1.29, 1.82) is 0 Å². The Balaban J connectivity index is 1.94. The third-order valence-corrected chi connectivity index (χ3v) is 4.85. The average molecular weight is 353 g/mol. The highest BCUT2D eigenvalue weighted by Crippen LogP contribution is 2.36. The summed E-state index contributed by atoms with van der Waals surface area (Å²) in [4.78, 5) is 15.7. The minimum absolute atomic E-state index is 0.0378. The first-order chi connectivity index (χ1) is 12.2. The normalized spacial score (nSPS) is 18.6. The van der Waals surface area contributed by atoms with Crippen molar-refractivity contribution in [3.05, 3.63) is 48.1 Å². The number of carbonyl (C=O) groups is 1. The maximum absolute atomic E-state index is 11.4. The van der Waals surface area contributed by atoms with Crippen LogP contribution in [0.3, 0.4) is 0 Å². The van der Waals surface area contributed by atoms with Crippen molar-refractivity contribution in [2.75, 3.05) is 0 Å². The molecular formula is C19H24BN3O3. The van der Waals surface area contributed by atoms with Crippen LogP contribution in [0.4, 0.5) is 0 Å². The van der Waals surface area contributed by atoms with Gasteiger partial charge in [-0.15, -0.1) is 0 Å². The van der Waals surface area contributed by atoms with Gasteiger partial charge >= 0.3 is 7.12 Å². The minimum atomic E-state index is -0.538. The van der Waals surface area contributed by atoms with Crippen LogP contribution in [0, 0.1) is 0 Å². The molecule has 3 rings (SSSR count). The van der Waals surface area contributed by atoms with Crippen molar-refractivity contribution in [2.24, 2.45) is 0 Å². The maximum atomic E-state index is 11.4. The van der Waals surface area contributed by atoms with Gasteiger partial charge in [0, 0.05) is 17.9 Å². The number of nitrogens with zero attached hydrogens (tertiary/aromatic N) is 3. The van der Waals surface area contributed by atoms with E-state index in [1.165, 1.54) is 13.0 Å². The van der Waals surface area contributed by atoms with Crippen LogP contribution < -0.4 is 5.46 Å². The van der Waals surface area contributed by atoms with Crippen LogP contribution in [-0.2, 0) is 20.6 Å². The van der Waals surface area contributed by atoms with E-state index in [0.29, 0.717) is 12.2 Å². The number of rotatable bonds is 5.